The van der Waals surface area contributed by atoms with Crippen molar-refractivity contribution in [2.24, 2.45) is 5.92 Å². The van der Waals surface area contributed by atoms with Crippen molar-refractivity contribution in [3.05, 3.63) is 95.6 Å². The number of nitrogens with one attached hydrogen (secondary N) is 1. The van der Waals surface area contributed by atoms with Crippen LogP contribution in [0.4, 0.5) is 11.4 Å². The maximum Gasteiger partial charge on any atom is 0.337 e. The minimum atomic E-state index is -1.06. The minimum absolute atomic E-state index is 0.0898. The molecule has 3 aromatic rings. The molecule has 0 aromatic heterocycles. The normalized spacial score (nSPS) is 14.3. The Balaban J connectivity index is 1.46. The predicted octanol–water partition coefficient (Wildman–Crippen LogP) is 5.10. The second-order valence-electron chi connectivity index (χ2n) is 7.98. The third kappa shape index (κ3) is 5.12. The van der Waals surface area contributed by atoms with E-state index >= 15 is 0 Å². The third-order valence-electron chi connectivity index (χ3n) is 5.86. The number of aromatic carboxylic acids is 1. The number of nitrogens with zero attached hydrogens (tertiary/aromatic N) is 1. The molecule has 3 aromatic carbocycles. The Morgan fingerprint density at radius 1 is 0.903 bits per heavy atom. The van der Waals surface area contributed by atoms with Crippen molar-refractivity contribution in [3.63, 3.8) is 0 Å². The molecule has 31 heavy (non-hydrogen) atoms. The quantitative estimate of drug-likeness (QED) is 0.589. The molecule has 0 aliphatic carbocycles. The Bertz CT molecular complexity index is 1040. The molecule has 5 nitrogen and oxygen atoms in total. The number of carboxylic acids is 1. The van der Waals surface area contributed by atoms with Crippen molar-refractivity contribution in [1.82, 2.24) is 0 Å². The fourth-order valence-corrected chi connectivity index (χ4v) is 4.15. The summed E-state index contributed by atoms with van der Waals surface area (Å²) in [6.45, 7) is 1.83. The second-order valence-corrected chi connectivity index (χ2v) is 7.98. The molecule has 0 bridgehead atoms. The number of rotatable bonds is 6. The molecule has 0 unspecified atom stereocenters. The number of anilines is 2. The van der Waals surface area contributed by atoms with Crippen molar-refractivity contribution in [3.8, 4) is 0 Å². The zero-order valence-corrected chi connectivity index (χ0v) is 17.3. The SMILES string of the molecule is O=C(Nc1cc(N2CCC(Cc3ccccc3)CC2)ccc1C(=O)O)c1ccccc1. The van der Waals surface area contributed by atoms with Gasteiger partial charge in [0.25, 0.3) is 5.91 Å². The molecular weight excluding hydrogens is 388 g/mol. The first-order chi connectivity index (χ1) is 15.1. The summed E-state index contributed by atoms with van der Waals surface area (Å²) >= 11 is 0. The van der Waals surface area contributed by atoms with Gasteiger partial charge in [-0.15, -0.1) is 0 Å². The van der Waals surface area contributed by atoms with Gasteiger partial charge in [-0.2, -0.15) is 0 Å². The monoisotopic (exact) mass is 414 g/mol. The third-order valence-corrected chi connectivity index (χ3v) is 5.86. The van der Waals surface area contributed by atoms with Crippen LogP contribution < -0.4 is 10.2 Å². The average molecular weight is 415 g/mol. The molecule has 158 valence electrons. The highest BCUT2D eigenvalue weighted by Gasteiger charge is 2.22. The fourth-order valence-electron chi connectivity index (χ4n) is 4.15. The van der Waals surface area contributed by atoms with E-state index in [0.717, 1.165) is 38.0 Å². The first-order valence-corrected chi connectivity index (χ1v) is 10.6. The van der Waals surface area contributed by atoms with E-state index in [1.165, 1.54) is 5.56 Å². The van der Waals surface area contributed by atoms with Crippen molar-refractivity contribution >= 4 is 23.3 Å². The largest absolute Gasteiger partial charge is 0.478 e. The van der Waals surface area contributed by atoms with Crippen molar-refractivity contribution in [2.75, 3.05) is 23.3 Å². The zero-order valence-electron chi connectivity index (χ0n) is 17.3. The van der Waals surface area contributed by atoms with Crippen LogP contribution in [0.15, 0.2) is 78.9 Å². The van der Waals surface area contributed by atoms with Crippen LogP contribution in [0.25, 0.3) is 0 Å². The summed E-state index contributed by atoms with van der Waals surface area (Å²) in [5.41, 5.74) is 3.22. The Morgan fingerprint density at radius 2 is 1.55 bits per heavy atom. The first-order valence-electron chi connectivity index (χ1n) is 10.6. The molecule has 4 rings (SSSR count). The number of carbonyl (C=O) groups excluding carboxylic acids is 1. The van der Waals surface area contributed by atoms with Gasteiger partial charge >= 0.3 is 5.97 Å². The number of carbonyl (C=O) groups is 2. The van der Waals surface area contributed by atoms with E-state index in [0.29, 0.717) is 17.2 Å². The number of carboxylic acid groups (broad SMARTS) is 1. The Kier molecular flexibility index (Phi) is 6.32. The predicted molar refractivity (Wildman–Crippen MR) is 123 cm³/mol. The molecule has 1 heterocycles. The molecule has 0 spiro atoms. The molecule has 1 fully saturated rings. The summed E-state index contributed by atoms with van der Waals surface area (Å²) < 4.78 is 0. The Hall–Kier alpha value is -3.60. The minimum Gasteiger partial charge on any atom is -0.478 e. The standard InChI is InChI=1S/C26H26N2O3/c29-25(21-9-5-2-6-10-21)27-24-18-22(11-12-23(24)26(30)31)28-15-13-20(14-16-28)17-19-7-3-1-4-8-19/h1-12,18,20H,13-17H2,(H,27,29)(H,30,31). The van der Waals surface area contributed by atoms with Crippen LogP contribution in [0.2, 0.25) is 0 Å². The molecule has 1 aliphatic heterocycles. The van der Waals surface area contributed by atoms with Crippen LogP contribution in [0, 0.1) is 5.92 Å². The van der Waals surface area contributed by atoms with Crippen LogP contribution in [-0.4, -0.2) is 30.1 Å². The molecule has 2 N–H and O–H groups in total. The van der Waals surface area contributed by atoms with Crippen molar-refractivity contribution in [1.29, 1.82) is 0 Å². The summed E-state index contributed by atoms with van der Waals surface area (Å²) in [5, 5.41) is 12.3. The lowest BCUT2D eigenvalue weighted by Gasteiger charge is -2.34. The molecule has 0 atom stereocenters. The van der Waals surface area contributed by atoms with Gasteiger partial charge in [0, 0.05) is 24.3 Å². The van der Waals surface area contributed by atoms with E-state index in [1.807, 2.05) is 18.2 Å². The van der Waals surface area contributed by atoms with Crippen LogP contribution in [0.1, 0.15) is 39.1 Å². The Labute approximate surface area is 182 Å². The van der Waals surface area contributed by atoms with Crippen LogP contribution >= 0.6 is 0 Å². The fraction of sp³-hybridized carbons (Fsp3) is 0.231. The van der Waals surface area contributed by atoms with Gasteiger partial charge in [-0.25, -0.2) is 4.79 Å². The summed E-state index contributed by atoms with van der Waals surface area (Å²) in [7, 11) is 0. The lowest BCUT2D eigenvalue weighted by molar-refractivity contribution is 0.0698. The molecule has 1 saturated heterocycles. The molecule has 0 radical (unpaired) electrons. The van der Waals surface area contributed by atoms with Gasteiger partial charge < -0.3 is 15.3 Å². The summed E-state index contributed by atoms with van der Waals surface area (Å²) in [6.07, 6.45) is 3.26. The number of hydrogen-bond donors (Lipinski definition) is 2. The van der Waals surface area contributed by atoms with E-state index in [2.05, 4.69) is 34.5 Å². The smallest absolute Gasteiger partial charge is 0.337 e. The molecule has 1 aliphatic rings. The van der Waals surface area contributed by atoms with Gasteiger partial charge in [-0.05, 0) is 61.1 Å². The molecular formula is C26H26N2O3. The maximum atomic E-state index is 12.6. The molecule has 0 saturated carbocycles. The van der Waals surface area contributed by atoms with E-state index in [4.69, 9.17) is 0 Å². The van der Waals surface area contributed by atoms with E-state index in [-0.39, 0.29) is 11.5 Å². The van der Waals surface area contributed by atoms with Gasteiger partial charge in [-0.1, -0.05) is 48.5 Å². The van der Waals surface area contributed by atoms with Gasteiger partial charge in [0.15, 0.2) is 0 Å². The number of piperidine rings is 1. The molecule has 5 heteroatoms. The van der Waals surface area contributed by atoms with Crippen LogP contribution in [0.5, 0.6) is 0 Å². The first kappa shape index (κ1) is 20.7. The maximum absolute atomic E-state index is 12.6. The number of hydrogen-bond acceptors (Lipinski definition) is 3. The van der Waals surface area contributed by atoms with Crippen molar-refractivity contribution in [2.45, 2.75) is 19.3 Å². The summed E-state index contributed by atoms with van der Waals surface area (Å²) in [6, 6.07) is 24.6. The van der Waals surface area contributed by atoms with Crippen molar-refractivity contribution < 1.29 is 14.7 Å². The highest BCUT2D eigenvalue weighted by Crippen LogP contribution is 2.29. The highest BCUT2D eigenvalue weighted by atomic mass is 16.4. The van der Waals surface area contributed by atoms with E-state index in [9.17, 15) is 14.7 Å². The number of amides is 1. The average Bonchev–Trinajstić information content (AvgIpc) is 2.80. The van der Waals surface area contributed by atoms with Gasteiger partial charge in [0.05, 0.1) is 11.3 Å². The van der Waals surface area contributed by atoms with Crippen LogP contribution in [0.3, 0.4) is 0 Å². The van der Waals surface area contributed by atoms with Gasteiger partial charge in [0.1, 0.15) is 0 Å². The van der Waals surface area contributed by atoms with Gasteiger partial charge in [0.2, 0.25) is 0 Å². The summed E-state index contributed by atoms with van der Waals surface area (Å²) in [4.78, 5) is 26.5. The molecule has 1 amide bonds. The topological polar surface area (TPSA) is 69.6 Å². The lowest BCUT2D eigenvalue weighted by atomic mass is 9.90. The van der Waals surface area contributed by atoms with E-state index in [1.54, 1.807) is 36.4 Å². The summed E-state index contributed by atoms with van der Waals surface area (Å²) in [5.74, 6) is -0.729. The zero-order chi connectivity index (χ0) is 21.6. The lowest BCUT2D eigenvalue weighted by Crippen LogP contribution is -2.34. The highest BCUT2D eigenvalue weighted by molar-refractivity contribution is 6.08. The second kappa shape index (κ2) is 9.47. The number of benzene rings is 3. The van der Waals surface area contributed by atoms with Gasteiger partial charge in [-0.3, -0.25) is 4.79 Å². The Morgan fingerprint density at radius 3 is 2.19 bits per heavy atom. The van der Waals surface area contributed by atoms with E-state index < -0.39 is 5.97 Å². The van der Waals surface area contributed by atoms with Crippen LogP contribution in [-0.2, 0) is 6.42 Å².